The fourth-order valence-electron chi connectivity index (χ4n) is 4.18. The van der Waals surface area contributed by atoms with Crippen LogP contribution >= 0.6 is 0 Å². The van der Waals surface area contributed by atoms with Crippen LogP contribution in [0.2, 0.25) is 0 Å². The fourth-order valence-corrected chi connectivity index (χ4v) is 4.18. The van der Waals surface area contributed by atoms with Gasteiger partial charge in [-0.1, -0.05) is 26.0 Å². The number of phenolic OH excluding ortho intramolecular Hbond substituents is 1. The zero-order chi connectivity index (χ0) is 33.8. The number of aromatic hydroxyl groups is 1. The molecule has 0 aliphatic rings. The quantitative estimate of drug-likeness (QED) is 0.106. The van der Waals surface area contributed by atoms with Crippen LogP contribution in [0.3, 0.4) is 0 Å². The number of benzene rings is 1. The molecule has 8 N–H and O–H groups in total. The summed E-state index contributed by atoms with van der Waals surface area (Å²) in [4.78, 5) is 89.7. The maximum absolute atomic E-state index is 13.3. The van der Waals surface area contributed by atoms with Crippen LogP contribution < -0.4 is 38.2 Å². The Hall–Kier alpha value is -4.99. The number of aromatic nitrogens is 2. The molecule has 0 aliphatic heterocycles. The van der Waals surface area contributed by atoms with Gasteiger partial charge in [-0.15, -0.1) is 0 Å². The second kappa shape index (κ2) is 16.7. The summed E-state index contributed by atoms with van der Waals surface area (Å²) in [6.45, 7) is 5.49. The molecule has 0 radical (unpaired) electrons. The molecule has 16 nitrogen and oxygen atoms in total. The SMILES string of the molecule is COC(=O)[C@H](CC(C)C)NC(=O)[C@H](Cn1cc(C)c(=O)[nH]c1=O)NC(=O)CNC(=O)[C@@H](C)NC(=O)[C@@H](N)Cc1ccc(O)cc1. The number of amides is 4. The molecule has 0 aliphatic carbocycles. The van der Waals surface area contributed by atoms with Crippen molar-refractivity contribution in [2.75, 3.05) is 13.7 Å². The van der Waals surface area contributed by atoms with Gasteiger partial charge in [0.15, 0.2) is 0 Å². The minimum atomic E-state index is -1.41. The molecule has 0 spiro atoms. The third kappa shape index (κ3) is 11.6. The van der Waals surface area contributed by atoms with E-state index in [0.29, 0.717) is 5.56 Å². The Morgan fingerprint density at radius 2 is 1.60 bits per heavy atom. The normalized spacial score (nSPS) is 13.6. The smallest absolute Gasteiger partial charge is 0.328 e. The van der Waals surface area contributed by atoms with E-state index in [2.05, 4.69) is 26.3 Å². The minimum absolute atomic E-state index is 0.00744. The molecule has 16 heteroatoms. The number of methoxy groups -OCH3 is 1. The molecule has 246 valence electrons. The topological polar surface area (TPSA) is 244 Å². The van der Waals surface area contributed by atoms with Gasteiger partial charge in [0.1, 0.15) is 23.9 Å². The molecular formula is C29H41N7O9. The van der Waals surface area contributed by atoms with Crippen molar-refractivity contribution in [2.24, 2.45) is 11.7 Å². The van der Waals surface area contributed by atoms with Gasteiger partial charge in [0.25, 0.3) is 5.56 Å². The van der Waals surface area contributed by atoms with Gasteiger partial charge in [-0.3, -0.25) is 33.5 Å². The molecule has 0 fully saturated rings. The second-order valence-corrected chi connectivity index (χ2v) is 11.0. The third-order valence-electron chi connectivity index (χ3n) is 6.63. The monoisotopic (exact) mass is 631 g/mol. The summed E-state index contributed by atoms with van der Waals surface area (Å²) in [5, 5.41) is 19.2. The van der Waals surface area contributed by atoms with E-state index in [-0.39, 0.29) is 30.1 Å². The van der Waals surface area contributed by atoms with E-state index in [1.807, 2.05) is 13.8 Å². The number of nitrogens with two attached hydrogens (primary N) is 1. The van der Waals surface area contributed by atoms with Crippen LogP contribution in [0.5, 0.6) is 5.75 Å². The van der Waals surface area contributed by atoms with Crippen molar-refractivity contribution in [3.63, 3.8) is 0 Å². The number of aromatic amines is 1. The number of aryl methyl sites for hydroxylation is 1. The molecule has 0 saturated heterocycles. The zero-order valence-electron chi connectivity index (χ0n) is 25.8. The number of carbonyl (C=O) groups excluding carboxylic acids is 5. The van der Waals surface area contributed by atoms with E-state index in [0.717, 1.165) is 4.57 Å². The van der Waals surface area contributed by atoms with Gasteiger partial charge in [-0.25, -0.2) is 9.59 Å². The first-order chi connectivity index (χ1) is 21.1. The van der Waals surface area contributed by atoms with E-state index in [4.69, 9.17) is 10.5 Å². The molecule has 0 unspecified atom stereocenters. The number of nitrogens with one attached hydrogen (secondary N) is 5. The average molecular weight is 632 g/mol. The highest BCUT2D eigenvalue weighted by atomic mass is 16.5. The highest BCUT2D eigenvalue weighted by Gasteiger charge is 2.29. The van der Waals surface area contributed by atoms with Gasteiger partial charge in [0.05, 0.1) is 26.2 Å². The Balaban J connectivity index is 2.07. The summed E-state index contributed by atoms with van der Waals surface area (Å²) in [6.07, 6.45) is 1.60. The summed E-state index contributed by atoms with van der Waals surface area (Å²) in [5.74, 6) is -3.61. The first kappa shape index (κ1) is 36.2. The van der Waals surface area contributed by atoms with Crippen LogP contribution in [0, 0.1) is 12.8 Å². The molecule has 4 atom stereocenters. The lowest BCUT2D eigenvalue weighted by Gasteiger charge is -2.24. The van der Waals surface area contributed by atoms with Crippen molar-refractivity contribution in [1.29, 1.82) is 0 Å². The van der Waals surface area contributed by atoms with Crippen molar-refractivity contribution in [1.82, 2.24) is 30.8 Å². The van der Waals surface area contributed by atoms with Gasteiger partial charge in [-0.2, -0.15) is 0 Å². The number of H-pyrrole nitrogens is 1. The zero-order valence-corrected chi connectivity index (χ0v) is 25.8. The van der Waals surface area contributed by atoms with E-state index < -0.39 is 78.1 Å². The van der Waals surface area contributed by atoms with Crippen LogP contribution in [0.25, 0.3) is 0 Å². The molecule has 2 aromatic rings. The Morgan fingerprint density at radius 1 is 0.956 bits per heavy atom. The molecular weight excluding hydrogens is 590 g/mol. The Kier molecular flexibility index (Phi) is 13.5. The largest absolute Gasteiger partial charge is 0.508 e. The summed E-state index contributed by atoms with van der Waals surface area (Å²) in [6, 6.07) is 1.62. The summed E-state index contributed by atoms with van der Waals surface area (Å²) >= 11 is 0. The molecule has 0 bridgehead atoms. The molecule has 1 heterocycles. The lowest BCUT2D eigenvalue weighted by molar-refractivity contribution is -0.146. The average Bonchev–Trinajstić information content (AvgIpc) is 2.98. The third-order valence-corrected chi connectivity index (χ3v) is 6.63. The number of hydrogen-bond acceptors (Lipinski definition) is 10. The van der Waals surface area contributed by atoms with Crippen LogP contribution in [0.1, 0.15) is 38.3 Å². The van der Waals surface area contributed by atoms with E-state index >= 15 is 0 Å². The van der Waals surface area contributed by atoms with Crippen molar-refractivity contribution >= 4 is 29.6 Å². The molecule has 0 saturated carbocycles. The number of rotatable bonds is 15. The lowest BCUT2D eigenvalue weighted by atomic mass is 10.0. The Morgan fingerprint density at radius 3 is 2.20 bits per heavy atom. The Bertz CT molecular complexity index is 1480. The number of ether oxygens (including phenoxy) is 1. The predicted molar refractivity (Wildman–Crippen MR) is 162 cm³/mol. The maximum Gasteiger partial charge on any atom is 0.328 e. The van der Waals surface area contributed by atoms with Crippen molar-refractivity contribution in [3.05, 3.63) is 62.4 Å². The molecule has 1 aromatic heterocycles. The first-order valence-electron chi connectivity index (χ1n) is 14.2. The fraction of sp³-hybridized carbons (Fsp3) is 0.483. The number of hydrogen-bond donors (Lipinski definition) is 7. The van der Waals surface area contributed by atoms with Crippen LogP contribution in [0.4, 0.5) is 0 Å². The Labute approximate surface area is 259 Å². The number of esters is 1. The highest BCUT2D eigenvalue weighted by molar-refractivity contribution is 5.94. The highest BCUT2D eigenvalue weighted by Crippen LogP contribution is 2.11. The van der Waals surface area contributed by atoms with Gasteiger partial charge < -0.3 is 36.8 Å². The molecule has 1 aromatic carbocycles. The predicted octanol–water partition coefficient (Wildman–Crippen LogP) is -2.07. The lowest BCUT2D eigenvalue weighted by Crippen LogP contribution is -2.56. The van der Waals surface area contributed by atoms with Crippen molar-refractivity contribution < 1.29 is 33.8 Å². The van der Waals surface area contributed by atoms with Gasteiger partial charge >= 0.3 is 11.7 Å². The van der Waals surface area contributed by atoms with Crippen molar-refractivity contribution in [2.45, 2.75) is 71.2 Å². The molecule has 45 heavy (non-hydrogen) atoms. The van der Waals surface area contributed by atoms with Crippen LogP contribution in [-0.4, -0.2) is 82.1 Å². The number of nitrogens with zero attached hydrogens (tertiary/aromatic N) is 1. The van der Waals surface area contributed by atoms with Crippen molar-refractivity contribution in [3.8, 4) is 5.75 Å². The summed E-state index contributed by atoms with van der Waals surface area (Å²) in [5.41, 5.74) is 5.37. The summed E-state index contributed by atoms with van der Waals surface area (Å²) < 4.78 is 5.80. The second-order valence-electron chi connectivity index (χ2n) is 11.0. The van der Waals surface area contributed by atoms with Gasteiger partial charge in [-0.05, 0) is 50.3 Å². The number of carbonyl (C=O) groups is 5. The summed E-state index contributed by atoms with van der Waals surface area (Å²) in [7, 11) is 1.17. The van der Waals surface area contributed by atoms with E-state index in [9.17, 15) is 38.7 Å². The van der Waals surface area contributed by atoms with Crippen LogP contribution in [0.15, 0.2) is 40.1 Å². The van der Waals surface area contributed by atoms with Gasteiger partial charge in [0.2, 0.25) is 23.6 Å². The minimum Gasteiger partial charge on any atom is -0.508 e. The van der Waals surface area contributed by atoms with Gasteiger partial charge in [0, 0.05) is 11.8 Å². The number of phenols is 1. The van der Waals surface area contributed by atoms with E-state index in [1.165, 1.54) is 39.3 Å². The van der Waals surface area contributed by atoms with E-state index in [1.54, 1.807) is 12.1 Å². The van der Waals surface area contributed by atoms with Crippen LogP contribution in [-0.2, 0) is 41.7 Å². The molecule has 2 rings (SSSR count). The maximum atomic E-state index is 13.3. The molecule has 4 amide bonds. The first-order valence-corrected chi connectivity index (χ1v) is 14.2. The standard InChI is InChI=1S/C29H41N7O9/c1-15(2)10-21(28(43)45-5)34-27(42)22(14-36-13-16(3)24(39)35-29(36)44)33-23(38)12-31-25(40)17(4)32-26(41)20(30)11-18-6-8-19(37)9-7-18/h6-9,13,15,17,20-22,37H,10-12,14,30H2,1-5H3,(H,31,40)(H,32,41)(H,33,38)(H,34,42)(H,35,39,44)/t17-,20+,21+,22+/m1/s1.